The van der Waals surface area contributed by atoms with E-state index < -0.39 is 32.3 Å². The molecule has 0 fully saturated rings. The molecule has 4 rings (SSSR count). The predicted octanol–water partition coefficient (Wildman–Crippen LogP) is 3.82. The maximum absolute atomic E-state index is 14.5. The molecule has 2 N–H and O–H groups in total. The zero-order valence-electron chi connectivity index (χ0n) is 15.8. The van der Waals surface area contributed by atoms with Crippen LogP contribution in [0.3, 0.4) is 0 Å². The maximum Gasteiger partial charge on any atom is 0.238 e. The number of primary sulfonamides is 1. The van der Waals surface area contributed by atoms with E-state index in [0.29, 0.717) is 45.3 Å². The lowest BCUT2D eigenvalue weighted by Crippen LogP contribution is -2.13. The number of pyridine rings is 2. The SMILES string of the molecule is COc1ccc2c(c1)nc(C)c1ccnc(Oc3c(F)cc(S(N)(=O)=O)cc3F)c12. The number of nitrogens with two attached hydrogens (primary N) is 1. The van der Waals surface area contributed by atoms with Crippen LogP contribution in [-0.2, 0) is 10.0 Å². The van der Waals surface area contributed by atoms with E-state index in [1.807, 2.05) is 0 Å². The summed E-state index contributed by atoms with van der Waals surface area (Å²) in [5, 5.41) is 6.76. The van der Waals surface area contributed by atoms with Gasteiger partial charge in [-0.1, -0.05) is 0 Å². The highest BCUT2D eigenvalue weighted by Crippen LogP contribution is 2.37. The van der Waals surface area contributed by atoms with Crippen molar-refractivity contribution >= 4 is 31.7 Å². The average Bonchev–Trinajstić information content (AvgIpc) is 2.69. The molecule has 0 aliphatic heterocycles. The van der Waals surface area contributed by atoms with E-state index in [-0.39, 0.29) is 5.88 Å². The van der Waals surface area contributed by atoms with Gasteiger partial charge in [-0.3, -0.25) is 4.98 Å². The van der Waals surface area contributed by atoms with Gasteiger partial charge in [-0.05, 0) is 37.3 Å². The minimum atomic E-state index is -4.28. The Balaban J connectivity index is 1.94. The zero-order valence-corrected chi connectivity index (χ0v) is 16.6. The number of aromatic nitrogens is 2. The second-order valence-corrected chi connectivity index (χ2v) is 8.04. The van der Waals surface area contributed by atoms with Crippen LogP contribution in [0.4, 0.5) is 8.78 Å². The maximum atomic E-state index is 14.5. The fourth-order valence-electron chi connectivity index (χ4n) is 3.16. The molecule has 0 bridgehead atoms. The topological polar surface area (TPSA) is 104 Å². The Morgan fingerprint density at radius 1 is 1.03 bits per heavy atom. The first-order valence-corrected chi connectivity index (χ1v) is 10.2. The highest BCUT2D eigenvalue weighted by Gasteiger charge is 2.21. The van der Waals surface area contributed by atoms with E-state index in [2.05, 4.69) is 9.97 Å². The third kappa shape index (κ3) is 3.40. The summed E-state index contributed by atoms with van der Waals surface area (Å²) < 4.78 is 62.4. The lowest BCUT2D eigenvalue weighted by molar-refractivity contribution is 0.397. The van der Waals surface area contributed by atoms with Crippen molar-refractivity contribution in [1.29, 1.82) is 0 Å². The van der Waals surface area contributed by atoms with Crippen LogP contribution in [0.15, 0.2) is 47.5 Å². The monoisotopic (exact) mass is 431 g/mol. The fourth-order valence-corrected chi connectivity index (χ4v) is 3.70. The summed E-state index contributed by atoms with van der Waals surface area (Å²) in [5.74, 6) is -2.72. The quantitative estimate of drug-likeness (QED) is 0.493. The van der Waals surface area contributed by atoms with E-state index in [1.54, 1.807) is 31.2 Å². The van der Waals surface area contributed by atoms with Crippen molar-refractivity contribution < 1.29 is 26.7 Å². The number of fused-ring (bicyclic) bond motifs is 3. The van der Waals surface area contributed by atoms with Crippen LogP contribution in [0.5, 0.6) is 17.4 Å². The molecular formula is C20H15F2N3O4S. The molecule has 7 nitrogen and oxygen atoms in total. The first-order chi connectivity index (χ1) is 14.2. The van der Waals surface area contributed by atoms with Crippen LogP contribution in [0.1, 0.15) is 5.69 Å². The molecule has 154 valence electrons. The van der Waals surface area contributed by atoms with Crippen molar-refractivity contribution in [2.75, 3.05) is 7.11 Å². The molecule has 30 heavy (non-hydrogen) atoms. The van der Waals surface area contributed by atoms with E-state index >= 15 is 0 Å². The van der Waals surface area contributed by atoms with Crippen molar-refractivity contribution in [2.45, 2.75) is 11.8 Å². The lowest BCUT2D eigenvalue weighted by atomic mass is 10.1. The van der Waals surface area contributed by atoms with Gasteiger partial charge >= 0.3 is 0 Å². The standard InChI is InChI=1S/C20H15F2N3O4S/c1-10-13-5-6-24-20(18(13)14-4-3-11(28-2)7-17(14)25-10)29-19-15(21)8-12(9-16(19)22)30(23,26)27/h3-9H,1-2H3,(H2,23,26,27). The number of nitrogens with zero attached hydrogens (tertiary/aromatic N) is 2. The molecule has 4 aromatic rings. The van der Waals surface area contributed by atoms with Gasteiger partial charge in [0.2, 0.25) is 21.7 Å². The molecule has 0 atom stereocenters. The molecule has 0 aliphatic carbocycles. The number of methoxy groups -OCH3 is 1. The summed E-state index contributed by atoms with van der Waals surface area (Å²) in [4.78, 5) is 7.97. The second-order valence-electron chi connectivity index (χ2n) is 6.48. The first kappa shape index (κ1) is 19.9. The van der Waals surface area contributed by atoms with E-state index in [4.69, 9.17) is 14.6 Å². The van der Waals surface area contributed by atoms with Gasteiger partial charge in [0.15, 0.2) is 11.6 Å². The van der Waals surface area contributed by atoms with Crippen LogP contribution in [0.25, 0.3) is 21.7 Å². The third-order valence-corrected chi connectivity index (χ3v) is 5.46. The Kier molecular flexibility index (Phi) is 4.75. The number of ether oxygens (including phenoxy) is 2. The normalized spacial score (nSPS) is 11.8. The molecule has 0 spiro atoms. The molecule has 0 amide bonds. The number of hydrogen-bond donors (Lipinski definition) is 1. The van der Waals surface area contributed by atoms with Gasteiger partial charge in [0.1, 0.15) is 5.75 Å². The Morgan fingerprint density at radius 3 is 2.37 bits per heavy atom. The van der Waals surface area contributed by atoms with Crippen molar-refractivity contribution in [3.63, 3.8) is 0 Å². The molecule has 2 aromatic carbocycles. The van der Waals surface area contributed by atoms with E-state index in [1.165, 1.54) is 13.3 Å². The molecule has 0 radical (unpaired) electrons. The fraction of sp³-hybridized carbons (Fsp3) is 0.100. The van der Waals surface area contributed by atoms with Crippen LogP contribution < -0.4 is 14.6 Å². The van der Waals surface area contributed by atoms with E-state index in [9.17, 15) is 17.2 Å². The zero-order chi connectivity index (χ0) is 21.6. The summed E-state index contributed by atoms with van der Waals surface area (Å²) in [6, 6.07) is 8.08. The van der Waals surface area contributed by atoms with Gasteiger partial charge < -0.3 is 9.47 Å². The molecule has 0 unspecified atom stereocenters. The summed E-state index contributed by atoms with van der Waals surface area (Å²) in [5.41, 5.74) is 1.24. The number of hydrogen-bond acceptors (Lipinski definition) is 6. The number of sulfonamides is 1. The highest BCUT2D eigenvalue weighted by molar-refractivity contribution is 7.89. The molecule has 0 saturated heterocycles. The van der Waals surface area contributed by atoms with Crippen molar-refractivity contribution in [2.24, 2.45) is 5.14 Å². The smallest absolute Gasteiger partial charge is 0.238 e. The largest absolute Gasteiger partial charge is 0.497 e. The first-order valence-electron chi connectivity index (χ1n) is 8.62. The van der Waals surface area contributed by atoms with Gasteiger partial charge in [0.25, 0.3) is 0 Å². The predicted molar refractivity (Wildman–Crippen MR) is 106 cm³/mol. The lowest BCUT2D eigenvalue weighted by Gasteiger charge is -2.13. The number of benzene rings is 2. The van der Waals surface area contributed by atoms with Gasteiger partial charge in [-0.2, -0.15) is 0 Å². The minimum Gasteiger partial charge on any atom is -0.497 e. The third-order valence-electron chi connectivity index (χ3n) is 4.57. The Morgan fingerprint density at radius 2 is 1.73 bits per heavy atom. The Labute approximate surface area is 170 Å². The summed E-state index contributed by atoms with van der Waals surface area (Å²) >= 11 is 0. The van der Waals surface area contributed by atoms with E-state index in [0.717, 1.165) is 0 Å². The highest BCUT2D eigenvalue weighted by atomic mass is 32.2. The average molecular weight is 431 g/mol. The molecule has 0 aliphatic rings. The molecule has 2 heterocycles. The number of aryl methyl sites for hydroxylation is 1. The summed E-state index contributed by atoms with van der Waals surface area (Å²) in [6.45, 7) is 1.78. The second kappa shape index (κ2) is 7.15. The Hall–Kier alpha value is -3.37. The Bertz CT molecular complexity index is 1400. The van der Waals surface area contributed by atoms with Crippen molar-refractivity contribution in [3.8, 4) is 17.4 Å². The summed E-state index contributed by atoms with van der Waals surface area (Å²) in [7, 11) is -2.75. The molecule has 0 saturated carbocycles. The molecule has 10 heteroatoms. The van der Waals surface area contributed by atoms with Crippen molar-refractivity contribution in [3.05, 3.63) is 59.9 Å². The van der Waals surface area contributed by atoms with Gasteiger partial charge in [0, 0.05) is 28.7 Å². The molecule has 2 aromatic heterocycles. The van der Waals surface area contributed by atoms with Crippen LogP contribution >= 0.6 is 0 Å². The van der Waals surface area contributed by atoms with Crippen LogP contribution in [0, 0.1) is 18.6 Å². The van der Waals surface area contributed by atoms with Gasteiger partial charge in [-0.25, -0.2) is 27.3 Å². The summed E-state index contributed by atoms with van der Waals surface area (Å²) in [6.07, 6.45) is 1.43. The minimum absolute atomic E-state index is 0.0608. The van der Waals surface area contributed by atoms with Gasteiger partial charge in [-0.15, -0.1) is 0 Å². The van der Waals surface area contributed by atoms with Gasteiger partial charge in [0.05, 0.1) is 22.9 Å². The van der Waals surface area contributed by atoms with Crippen molar-refractivity contribution in [1.82, 2.24) is 9.97 Å². The number of halogens is 2. The van der Waals surface area contributed by atoms with Crippen LogP contribution in [0.2, 0.25) is 0 Å². The number of rotatable bonds is 4. The van der Waals surface area contributed by atoms with Crippen LogP contribution in [-0.4, -0.2) is 25.5 Å². The molecular weight excluding hydrogens is 416 g/mol.